The van der Waals surface area contributed by atoms with Crippen molar-refractivity contribution < 1.29 is 9.67 Å². The minimum Gasteiger partial charge on any atom is -0.508 e. The fourth-order valence-electron chi connectivity index (χ4n) is 1.68. The Balaban J connectivity index is 2.05. The molecule has 2 rings (SSSR count). The van der Waals surface area contributed by atoms with E-state index in [9.17, 15) is 5.11 Å². The van der Waals surface area contributed by atoms with Crippen LogP contribution in [0.15, 0.2) is 42.7 Å². The molecule has 0 aliphatic heterocycles. The highest BCUT2D eigenvalue weighted by Gasteiger charge is 2.00. The lowest BCUT2D eigenvalue weighted by atomic mass is 10.2. The molecule has 88 valence electrons. The summed E-state index contributed by atoms with van der Waals surface area (Å²) in [7, 11) is 2.00. The van der Waals surface area contributed by atoms with Crippen molar-refractivity contribution in [3.63, 3.8) is 0 Å². The third-order valence-electron chi connectivity index (χ3n) is 2.71. The van der Waals surface area contributed by atoms with Crippen molar-refractivity contribution in [2.24, 2.45) is 7.05 Å². The van der Waals surface area contributed by atoms with Gasteiger partial charge in [-0.3, -0.25) is 0 Å². The van der Waals surface area contributed by atoms with Gasteiger partial charge in [-0.15, -0.1) is 0 Å². The van der Waals surface area contributed by atoms with Crippen molar-refractivity contribution in [3.8, 4) is 5.75 Å². The van der Waals surface area contributed by atoms with E-state index in [1.54, 1.807) is 6.07 Å². The summed E-state index contributed by atoms with van der Waals surface area (Å²) >= 11 is 0. The number of nitrogens with zero attached hydrogens (tertiary/aromatic N) is 1. The molecule has 1 heterocycles. The van der Waals surface area contributed by atoms with Gasteiger partial charge in [0.15, 0.2) is 12.4 Å². The summed E-state index contributed by atoms with van der Waals surface area (Å²) in [5.74, 6) is 0.327. The molecule has 0 amide bonds. The van der Waals surface area contributed by atoms with E-state index in [0.717, 1.165) is 17.8 Å². The summed E-state index contributed by atoms with van der Waals surface area (Å²) in [6.45, 7) is 2.63. The number of nitrogens with one attached hydrogen (secondary N) is 1. The highest BCUT2D eigenvalue weighted by molar-refractivity contribution is 5.51. The largest absolute Gasteiger partial charge is 0.508 e. The quantitative estimate of drug-likeness (QED) is 0.791. The Morgan fingerprint density at radius 3 is 2.82 bits per heavy atom. The number of hydrogen-bond donors (Lipinski definition) is 2. The first-order chi connectivity index (χ1) is 8.15. The van der Waals surface area contributed by atoms with Gasteiger partial charge in [-0.2, -0.15) is 0 Å². The SMILES string of the molecule is Cc1ccc(NCc2ccc[n+](C)c2)cc1O. The number of phenols is 1. The van der Waals surface area contributed by atoms with E-state index in [1.807, 2.05) is 42.9 Å². The third-order valence-corrected chi connectivity index (χ3v) is 2.71. The van der Waals surface area contributed by atoms with E-state index in [4.69, 9.17) is 0 Å². The van der Waals surface area contributed by atoms with Crippen LogP contribution >= 0.6 is 0 Å². The molecule has 3 nitrogen and oxygen atoms in total. The van der Waals surface area contributed by atoms with Crippen LogP contribution in [0.1, 0.15) is 11.1 Å². The van der Waals surface area contributed by atoms with Crippen LogP contribution < -0.4 is 9.88 Å². The van der Waals surface area contributed by atoms with Crippen molar-refractivity contribution in [2.45, 2.75) is 13.5 Å². The van der Waals surface area contributed by atoms with Crippen LogP contribution in [0.4, 0.5) is 5.69 Å². The molecule has 2 N–H and O–H groups in total. The van der Waals surface area contributed by atoms with E-state index in [-0.39, 0.29) is 0 Å². The van der Waals surface area contributed by atoms with Crippen LogP contribution in [-0.2, 0) is 13.6 Å². The summed E-state index contributed by atoms with van der Waals surface area (Å²) in [6.07, 6.45) is 4.07. The highest BCUT2D eigenvalue weighted by Crippen LogP contribution is 2.21. The number of aromatic hydroxyl groups is 1. The zero-order valence-electron chi connectivity index (χ0n) is 10.1. The molecule has 0 aliphatic carbocycles. The minimum absolute atomic E-state index is 0.327. The van der Waals surface area contributed by atoms with Gasteiger partial charge >= 0.3 is 0 Å². The predicted molar refractivity (Wildman–Crippen MR) is 67.8 cm³/mol. The maximum Gasteiger partial charge on any atom is 0.173 e. The number of aromatic nitrogens is 1. The van der Waals surface area contributed by atoms with E-state index in [2.05, 4.69) is 17.6 Å². The molecular weight excluding hydrogens is 212 g/mol. The second kappa shape index (κ2) is 4.87. The summed E-state index contributed by atoms with van der Waals surface area (Å²) in [6, 6.07) is 9.71. The molecule has 0 aliphatic rings. The van der Waals surface area contributed by atoms with E-state index >= 15 is 0 Å². The zero-order valence-corrected chi connectivity index (χ0v) is 10.1. The maximum atomic E-state index is 9.60. The Hall–Kier alpha value is -2.03. The molecule has 17 heavy (non-hydrogen) atoms. The number of phenolic OH excluding ortho intramolecular Hbond substituents is 1. The predicted octanol–water partition coefficient (Wildman–Crippen LogP) is 2.14. The van der Waals surface area contributed by atoms with Crippen LogP contribution in [0.5, 0.6) is 5.75 Å². The first-order valence-corrected chi connectivity index (χ1v) is 5.63. The van der Waals surface area contributed by atoms with Crippen LogP contribution in [0, 0.1) is 6.92 Å². The first kappa shape index (κ1) is 11.5. The fraction of sp³-hybridized carbons (Fsp3) is 0.214. The molecule has 0 spiro atoms. The Morgan fingerprint density at radius 1 is 1.29 bits per heavy atom. The van der Waals surface area contributed by atoms with Gasteiger partial charge in [0.2, 0.25) is 0 Å². The Bertz CT molecular complexity index is 523. The van der Waals surface area contributed by atoms with Gasteiger partial charge in [-0.05, 0) is 24.6 Å². The maximum absolute atomic E-state index is 9.60. The number of anilines is 1. The second-order valence-corrected chi connectivity index (χ2v) is 4.23. The summed E-state index contributed by atoms with van der Waals surface area (Å²) in [4.78, 5) is 0. The van der Waals surface area contributed by atoms with Gasteiger partial charge in [0.25, 0.3) is 0 Å². The molecule has 1 aromatic heterocycles. The molecule has 0 radical (unpaired) electrons. The molecule has 2 aromatic rings. The lowest BCUT2D eigenvalue weighted by Crippen LogP contribution is -2.27. The minimum atomic E-state index is 0.327. The topological polar surface area (TPSA) is 36.1 Å². The summed E-state index contributed by atoms with van der Waals surface area (Å²) in [5.41, 5.74) is 3.02. The molecule has 1 aromatic carbocycles. The van der Waals surface area contributed by atoms with Crippen LogP contribution in [0.25, 0.3) is 0 Å². The molecule has 0 unspecified atom stereocenters. The average molecular weight is 229 g/mol. The molecule has 0 atom stereocenters. The standard InChI is InChI=1S/C14H16N2O/c1-11-5-6-13(8-14(11)17)15-9-12-4-3-7-16(2)10-12/h3-8,10,15H,9H2,1-2H3/p+1. The van der Waals surface area contributed by atoms with Gasteiger partial charge in [0.1, 0.15) is 12.8 Å². The molecule has 0 saturated heterocycles. The van der Waals surface area contributed by atoms with Crippen molar-refractivity contribution >= 4 is 5.69 Å². The zero-order chi connectivity index (χ0) is 12.3. The summed E-state index contributed by atoms with van der Waals surface area (Å²) in [5, 5.41) is 12.9. The smallest absolute Gasteiger partial charge is 0.173 e. The highest BCUT2D eigenvalue weighted by atomic mass is 16.3. The van der Waals surface area contributed by atoms with Crippen molar-refractivity contribution in [3.05, 3.63) is 53.9 Å². The molecule has 3 heteroatoms. The van der Waals surface area contributed by atoms with Crippen molar-refractivity contribution in [1.29, 1.82) is 0 Å². The van der Waals surface area contributed by atoms with Gasteiger partial charge in [-0.25, -0.2) is 4.57 Å². The van der Waals surface area contributed by atoms with Gasteiger partial charge in [0.05, 0.1) is 0 Å². The normalized spacial score (nSPS) is 10.2. The van der Waals surface area contributed by atoms with E-state index in [0.29, 0.717) is 5.75 Å². The Kier molecular flexibility index (Phi) is 3.28. The first-order valence-electron chi connectivity index (χ1n) is 5.63. The number of hydrogen-bond acceptors (Lipinski definition) is 2. The van der Waals surface area contributed by atoms with Gasteiger partial charge < -0.3 is 10.4 Å². The van der Waals surface area contributed by atoms with E-state index in [1.165, 1.54) is 5.56 Å². The van der Waals surface area contributed by atoms with Crippen molar-refractivity contribution in [2.75, 3.05) is 5.32 Å². The van der Waals surface area contributed by atoms with Crippen LogP contribution in [0.3, 0.4) is 0 Å². The number of aryl methyl sites for hydroxylation is 2. The fourth-order valence-corrected chi connectivity index (χ4v) is 1.68. The molecule has 0 fully saturated rings. The monoisotopic (exact) mass is 229 g/mol. The molecule has 0 saturated carbocycles. The average Bonchev–Trinajstić information content (AvgIpc) is 2.31. The van der Waals surface area contributed by atoms with Crippen LogP contribution in [0.2, 0.25) is 0 Å². The Labute approximate surface area is 101 Å². The van der Waals surface area contributed by atoms with Gasteiger partial charge in [-0.1, -0.05) is 6.07 Å². The lowest BCUT2D eigenvalue weighted by molar-refractivity contribution is -0.671. The van der Waals surface area contributed by atoms with Gasteiger partial charge in [0, 0.05) is 29.9 Å². The summed E-state index contributed by atoms with van der Waals surface area (Å²) < 4.78 is 2.02. The van der Waals surface area contributed by atoms with Crippen molar-refractivity contribution in [1.82, 2.24) is 0 Å². The number of rotatable bonds is 3. The lowest BCUT2D eigenvalue weighted by Gasteiger charge is -2.07. The van der Waals surface area contributed by atoms with Crippen LogP contribution in [-0.4, -0.2) is 5.11 Å². The third kappa shape index (κ3) is 2.97. The van der Waals surface area contributed by atoms with E-state index < -0.39 is 0 Å². The number of benzene rings is 1. The number of pyridine rings is 1. The second-order valence-electron chi connectivity index (χ2n) is 4.23. The molecule has 0 bridgehead atoms. The Morgan fingerprint density at radius 2 is 2.12 bits per heavy atom. The molecular formula is C14H17N2O+.